The SMILES string of the molecule is CC(C)NC1CCN(CCOCCN(C)C)C1=O. The van der Waals surface area contributed by atoms with E-state index >= 15 is 0 Å². The summed E-state index contributed by atoms with van der Waals surface area (Å²) in [6, 6.07) is 0.363. The van der Waals surface area contributed by atoms with Gasteiger partial charge in [-0.25, -0.2) is 0 Å². The van der Waals surface area contributed by atoms with E-state index in [0.29, 0.717) is 19.2 Å². The topological polar surface area (TPSA) is 44.8 Å². The second-order valence-corrected chi connectivity index (χ2v) is 5.40. The first-order chi connectivity index (χ1) is 8.50. The molecule has 0 aromatic heterocycles. The molecule has 1 aliphatic rings. The van der Waals surface area contributed by atoms with E-state index in [0.717, 1.165) is 26.1 Å². The van der Waals surface area contributed by atoms with Gasteiger partial charge in [-0.1, -0.05) is 13.8 Å². The van der Waals surface area contributed by atoms with Crippen LogP contribution in [-0.4, -0.2) is 74.7 Å². The number of nitrogens with zero attached hydrogens (tertiary/aromatic N) is 2. The molecule has 18 heavy (non-hydrogen) atoms. The van der Waals surface area contributed by atoms with E-state index in [1.807, 2.05) is 19.0 Å². The Morgan fingerprint density at radius 3 is 2.78 bits per heavy atom. The van der Waals surface area contributed by atoms with Crippen molar-refractivity contribution in [3.63, 3.8) is 0 Å². The average molecular weight is 257 g/mol. The van der Waals surface area contributed by atoms with Crippen molar-refractivity contribution in [2.75, 3.05) is 46.9 Å². The summed E-state index contributed by atoms with van der Waals surface area (Å²) in [6.07, 6.45) is 0.911. The van der Waals surface area contributed by atoms with Crippen LogP contribution in [-0.2, 0) is 9.53 Å². The van der Waals surface area contributed by atoms with E-state index in [1.54, 1.807) is 0 Å². The Bertz CT molecular complexity index is 257. The number of ether oxygens (including phenoxy) is 1. The van der Waals surface area contributed by atoms with Crippen LogP contribution in [0.4, 0.5) is 0 Å². The molecule has 0 radical (unpaired) electrons. The zero-order chi connectivity index (χ0) is 13.5. The van der Waals surface area contributed by atoms with Crippen molar-refractivity contribution in [1.29, 1.82) is 0 Å². The lowest BCUT2D eigenvalue weighted by atomic mass is 10.2. The summed E-state index contributed by atoms with van der Waals surface area (Å²) in [6.45, 7) is 7.98. The van der Waals surface area contributed by atoms with E-state index < -0.39 is 0 Å². The fourth-order valence-electron chi connectivity index (χ4n) is 2.04. The third-order valence-corrected chi connectivity index (χ3v) is 3.02. The van der Waals surface area contributed by atoms with Gasteiger partial charge in [-0.3, -0.25) is 4.79 Å². The maximum Gasteiger partial charge on any atom is 0.239 e. The van der Waals surface area contributed by atoms with Gasteiger partial charge in [0.15, 0.2) is 0 Å². The van der Waals surface area contributed by atoms with Gasteiger partial charge in [0.05, 0.1) is 19.3 Å². The van der Waals surface area contributed by atoms with Gasteiger partial charge in [-0.05, 0) is 20.5 Å². The van der Waals surface area contributed by atoms with Crippen molar-refractivity contribution in [2.45, 2.75) is 32.4 Å². The standard InChI is InChI=1S/C13H27N3O2/c1-11(2)14-12-5-6-16(13(12)17)8-10-18-9-7-15(3)4/h11-12,14H,5-10H2,1-4H3. The molecule has 0 aromatic carbocycles. The first-order valence-electron chi connectivity index (χ1n) is 6.78. The smallest absolute Gasteiger partial charge is 0.239 e. The van der Waals surface area contributed by atoms with Crippen LogP contribution >= 0.6 is 0 Å². The van der Waals surface area contributed by atoms with Crippen LogP contribution in [0.5, 0.6) is 0 Å². The van der Waals surface area contributed by atoms with Crippen molar-refractivity contribution in [3.05, 3.63) is 0 Å². The maximum absolute atomic E-state index is 12.0. The summed E-state index contributed by atoms with van der Waals surface area (Å²) in [5.74, 6) is 0.222. The van der Waals surface area contributed by atoms with Gasteiger partial charge in [0.1, 0.15) is 0 Å². The minimum absolute atomic E-state index is 0.00627. The second kappa shape index (κ2) is 7.71. The van der Waals surface area contributed by atoms with Crippen molar-refractivity contribution in [2.24, 2.45) is 0 Å². The highest BCUT2D eigenvalue weighted by Crippen LogP contribution is 2.11. The predicted octanol–water partition coefficient (Wildman–Crippen LogP) is 0.164. The zero-order valence-electron chi connectivity index (χ0n) is 12.1. The number of rotatable bonds is 8. The van der Waals surface area contributed by atoms with Crippen LogP contribution in [0.3, 0.4) is 0 Å². The maximum atomic E-state index is 12.0. The van der Waals surface area contributed by atoms with Crippen LogP contribution in [0.15, 0.2) is 0 Å². The first-order valence-corrected chi connectivity index (χ1v) is 6.78. The minimum Gasteiger partial charge on any atom is -0.378 e. The van der Waals surface area contributed by atoms with E-state index in [1.165, 1.54) is 0 Å². The number of hydrogen-bond acceptors (Lipinski definition) is 4. The van der Waals surface area contributed by atoms with Crippen LogP contribution in [0.1, 0.15) is 20.3 Å². The Hall–Kier alpha value is -0.650. The molecule has 1 aliphatic heterocycles. The third-order valence-electron chi connectivity index (χ3n) is 3.02. The van der Waals surface area contributed by atoms with Crippen LogP contribution in [0, 0.1) is 0 Å². The highest BCUT2D eigenvalue weighted by atomic mass is 16.5. The van der Waals surface area contributed by atoms with Crippen molar-refractivity contribution < 1.29 is 9.53 Å². The molecule has 1 heterocycles. The van der Waals surface area contributed by atoms with E-state index in [9.17, 15) is 4.79 Å². The van der Waals surface area contributed by atoms with Gasteiger partial charge < -0.3 is 19.9 Å². The monoisotopic (exact) mass is 257 g/mol. The third kappa shape index (κ3) is 5.33. The number of amides is 1. The summed E-state index contributed by atoms with van der Waals surface area (Å²) >= 11 is 0. The van der Waals surface area contributed by atoms with Gasteiger partial charge >= 0.3 is 0 Å². The normalized spacial score (nSPS) is 20.4. The molecule has 0 saturated carbocycles. The molecule has 0 spiro atoms. The predicted molar refractivity (Wildman–Crippen MR) is 72.6 cm³/mol. The molecule has 1 atom stereocenters. The summed E-state index contributed by atoms with van der Waals surface area (Å²) < 4.78 is 5.52. The molecule has 1 unspecified atom stereocenters. The molecule has 0 aliphatic carbocycles. The van der Waals surface area contributed by atoms with Gasteiger partial charge in [-0.15, -0.1) is 0 Å². The van der Waals surface area contributed by atoms with Gasteiger partial charge in [-0.2, -0.15) is 0 Å². The molecule has 5 nitrogen and oxygen atoms in total. The largest absolute Gasteiger partial charge is 0.378 e. The van der Waals surface area contributed by atoms with Gasteiger partial charge in [0, 0.05) is 25.7 Å². The Labute approximate surface area is 110 Å². The molecule has 1 saturated heterocycles. The van der Waals surface area contributed by atoms with Crippen molar-refractivity contribution in [1.82, 2.24) is 15.1 Å². The molecule has 106 valence electrons. The Balaban J connectivity index is 2.14. The molecule has 0 bridgehead atoms. The quantitative estimate of drug-likeness (QED) is 0.629. The van der Waals surface area contributed by atoms with Crippen LogP contribution in [0.2, 0.25) is 0 Å². The number of likely N-dealkylation sites (N-methyl/N-ethyl adjacent to an activating group) is 1. The molecule has 5 heteroatoms. The molecule has 1 amide bonds. The average Bonchev–Trinajstić information content (AvgIpc) is 2.60. The molecule has 1 N–H and O–H groups in total. The van der Waals surface area contributed by atoms with Gasteiger partial charge in [0.2, 0.25) is 5.91 Å². The van der Waals surface area contributed by atoms with Crippen molar-refractivity contribution in [3.8, 4) is 0 Å². The van der Waals surface area contributed by atoms with Crippen LogP contribution < -0.4 is 5.32 Å². The van der Waals surface area contributed by atoms with E-state index in [2.05, 4.69) is 24.1 Å². The number of nitrogens with one attached hydrogen (secondary N) is 1. The first kappa shape index (κ1) is 15.4. The second-order valence-electron chi connectivity index (χ2n) is 5.40. The van der Waals surface area contributed by atoms with Crippen molar-refractivity contribution >= 4 is 5.91 Å². The van der Waals surface area contributed by atoms with Gasteiger partial charge in [0.25, 0.3) is 0 Å². The number of carbonyl (C=O) groups excluding carboxylic acids is 1. The number of carbonyl (C=O) groups is 1. The highest BCUT2D eigenvalue weighted by molar-refractivity contribution is 5.84. The fourth-order valence-corrected chi connectivity index (χ4v) is 2.04. The fraction of sp³-hybridized carbons (Fsp3) is 0.923. The minimum atomic E-state index is 0.00627. The van der Waals surface area contributed by atoms with E-state index in [-0.39, 0.29) is 11.9 Å². The summed E-state index contributed by atoms with van der Waals surface area (Å²) in [5, 5.41) is 3.30. The number of hydrogen-bond donors (Lipinski definition) is 1. The highest BCUT2D eigenvalue weighted by Gasteiger charge is 2.31. The molecular weight excluding hydrogens is 230 g/mol. The van der Waals surface area contributed by atoms with Crippen LogP contribution in [0.25, 0.3) is 0 Å². The molecule has 0 aromatic rings. The summed E-state index contributed by atoms with van der Waals surface area (Å²) in [5.41, 5.74) is 0. The summed E-state index contributed by atoms with van der Waals surface area (Å²) in [4.78, 5) is 16.0. The zero-order valence-corrected chi connectivity index (χ0v) is 12.1. The lowest BCUT2D eigenvalue weighted by Crippen LogP contribution is -2.42. The lowest BCUT2D eigenvalue weighted by Gasteiger charge is -2.18. The summed E-state index contributed by atoms with van der Waals surface area (Å²) in [7, 11) is 4.05. The Kier molecular flexibility index (Phi) is 6.60. The molecule has 1 rings (SSSR count). The van der Waals surface area contributed by atoms with E-state index in [4.69, 9.17) is 4.74 Å². The molecular formula is C13H27N3O2. The lowest BCUT2D eigenvalue weighted by molar-refractivity contribution is -0.130. The number of likely N-dealkylation sites (tertiary alicyclic amines) is 1. The Morgan fingerprint density at radius 2 is 2.17 bits per heavy atom. The Morgan fingerprint density at radius 1 is 1.44 bits per heavy atom. The molecule has 1 fully saturated rings.